The van der Waals surface area contributed by atoms with E-state index in [0.717, 1.165) is 11.3 Å². The van der Waals surface area contributed by atoms with Crippen LogP contribution >= 0.6 is 11.3 Å². The topological polar surface area (TPSA) is 52.9 Å². The van der Waals surface area contributed by atoms with Crippen molar-refractivity contribution in [2.24, 2.45) is 0 Å². The maximum atomic E-state index is 12.5. The van der Waals surface area contributed by atoms with Crippen molar-refractivity contribution in [1.29, 1.82) is 5.26 Å². The van der Waals surface area contributed by atoms with Crippen molar-refractivity contribution in [3.8, 4) is 6.07 Å². The summed E-state index contributed by atoms with van der Waals surface area (Å²) in [5.41, 5.74) is -0.867. The van der Waals surface area contributed by atoms with Gasteiger partial charge in [0.25, 0.3) is 5.91 Å². The van der Waals surface area contributed by atoms with Crippen LogP contribution < -0.4 is 5.32 Å². The lowest BCUT2D eigenvalue weighted by Crippen LogP contribution is -2.44. The van der Waals surface area contributed by atoms with E-state index in [1.807, 2.05) is 6.07 Å². The van der Waals surface area contributed by atoms with E-state index in [-0.39, 0.29) is 5.91 Å². The third-order valence-electron chi connectivity index (χ3n) is 1.73. The Kier molecular flexibility index (Phi) is 3.43. The molecule has 1 amide bonds. The molecule has 1 aromatic rings. The lowest BCUT2D eigenvalue weighted by molar-refractivity contribution is 0.0904. The Morgan fingerprint density at radius 2 is 2.33 bits per heavy atom. The zero-order valence-electron chi connectivity index (χ0n) is 8.50. The van der Waals surface area contributed by atoms with Gasteiger partial charge in [0.1, 0.15) is 17.6 Å². The van der Waals surface area contributed by atoms with Crippen LogP contribution in [0, 0.1) is 11.3 Å². The van der Waals surface area contributed by atoms with Crippen molar-refractivity contribution < 1.29 is 9.18 Å². The fourth-order valence-corrected chi connectivity index (χ4v) is 1.62. The molecule has 1 rings (SSSR count). The largest absolute Gasteiger partial charge is 0.344 e. The van der Waals surface area contributed by atoms with Gasteiger partial charge in [-0.3, -0.25) is 4.79 Å². The molecule has 1 heterocycles. The van der Waals surface area contributed by atoms with Crippen LogP contribution in [0.3, 0.4) is 0 Å². The Balaban J connectivity index is 2.74. The van der Waals surface area contributed by atoms with Crippen LogP contribution in [0.15, 0.2) is 12.1 Å². The highest BCUT2D eigenvalue weighted by Crippen LogP contribution is 2.16. The Labute approximate surface area is 91.5 Å². The van der Waals surface area contributed by atoms with Gasteiger partial charge in [-0.05, 0) is 26.0 Å². The zero-order valence-corrected chi connectivity index (χ0v) is 9.32. The maximum Gasteiger partial charge on any atom is 0.261 e. The molecule has 0 unspecified atom stereocenters. The van der Waals surface area contributed by atoms with Crippen LogP contribution in [0.5, 0.6) is 0 Å². The van der Waals surface area contributed by atoms with Crippen molar-refractivity contribution in [1.82, 2.24) is 5.32 Å². The van der Waals surface area contributed by atoms with E-state index >= 15 is 0 Å². The lowest BCUT2D eigenvalue weighted by Gasteiger charge is -2.21. The van der Waals surface area contributed by atoms with Crippen LogP contribution in [-0.4, -0.2) is 18.1 Å². The molecule has 0 fully saturated rings. The quantitative estimate of drug-likeness (QED) is 0.858. The molecule has 0 aliphatic rings. The second kappa shape index (κ2) is 4.41. The summed E-state index contributed by atoms with van der Waals surface area (Å²) in [5.74, 6) is -0.343. The third kappa shape index (κ3) is 3.03. The van der Waals surface area contributed by atoms with Gasteiger partial charge in [-0.15, -0.1) is 11.3 Å². The second-order valence-electron chi connectivity index (χ2n) is 3.75. The predicted molar refractivity (Wildman–Crippen MR) is 56.6 cm³/mol. The average molecular weight is 226 g/mol. The predicted octanol–water partition coefficient (Wildman–Crippen LogP) is 2.10. The summed E-state index contributed by atoms with van der Waals surface area (Å²) in [6, 6.07) is 5.08. The van der Waals surface area contributed by atoms with E-state index in [4.69, 9.17) is 5.26 Å². The summed E-state index contributed by atoms with van der Waals surface area (Å²) in [4.78, 5) is 12.5. The summed E-state index contributed by atoms with van der Waals surface area (Å²) >= 11 is 1.10. The lowest BCUT2D eigenvalue weighted by atomic mass is 10.1. The van der Waals surface area contributed by atoms with Crippen LogP contribution in [0.2, 0.25) is 0 Å². The average Bonchev–Trinajstić information content (AvgIpc) is 2.65. The van der Waals surface area contributed by atoms with Crippen molar-refractivity contribution >= 4 is 17.2 Å². The Hall–Kier alpha value is -1.41. The van der Waals surface area contributed by atoms with Crippen molar-refractivity contribution in [3.63, 3.8) is 0 Å². The van der Waals surface area contributed by atoms with Crippen LogP contribution in [0.25, 0.3) is 0 Å². The van der Waals surface area contributed by atoms with Gasteiger partial charge in [0.2, 0.25) is 0 Å². The molecule has 80 valence electrons. The number of alkyl halides is 1. The minimum Gasteiger partial charge on any atom is -0.344 e. The molecule has 0 spiro atoms. The highest BCUT2D eigenvalue weighted by molar-refractivity contribution is 7.14. The normalized spacial score (nSPS) is 10.8. The molecule has 15 heavy (non-hydrogen) atoms. The number of hydrogen-bond acceptors (Lipinski definition) is 3. The first-order valence-electron chi connectivity index (χ1n) is 4.37. The smallest absolute Gasteiger partial charge is 0.261 e. The third-order valence-corrected chi connectivity index (χ3v) is 2.71. The summed E-state index contributed by atoms with van der Waals surface area (Å²) in [7, 11) is 0. The molecule has 0 aliphatic heterocycles. The number of rotatable bonds is 3. The molecule has 0 aromatic carbocycles. The molecule has 0 saturated heterocycles. The fourth-order valence-electron chi connectivity index (χ4n) is 0.922. The van der Waals surface area contributed by atoms with Gasteiger partial charge < -0.3 is 5.32 Å². The zero-order chi connectivity index (χ0) is 11.5. The number of nitrogens with zero attached hydrogens (tertiary/aromatic N) is 1. The number of thiophene rings is 1. The molecular formula is C10H11FN2OS. The minimum absolute atomic E-state index is 0.343. The minimum atomic E-state index is -0.867. The van der Waals surface area contributed by atoms with Crippen LogP contribution in [0.1, 0.15) is 28.4 Å². The Morgan fingerprint density at radius 3 is 2.80 bits per heavy atom. The van der Waals surface area contributed by atoms with Crippen molar-refractivity contribution in [2.45, 2.75) is 19.4 Å². The number of carbonyl (C=O) groups is 1. The maximum absolute atomic E-state index is 12.5. The van der Waals surface area contributed by atoms with Gasteiger partial charge in [-0.2, -0.15) is 5.26 Å². The molecule has 0 aliphatic carbocycles. The SMILES string of the molecule is CC(C)(CF)NC(=O)c1ccc(C#N)s1. The fraction of sp³-hybridized carbons (Fsp3) is 0.400. The number of halogens is 1. The summed E-state index contributed by atoms with van der Waals surface area (Å²) in [6.07, 6.45) is 0. The first-order valence-corrected chi connectivity index (χ1v) is 5.18. The van der Waals surface area contributed by atoms with Crippen molar-refractivity contribution in [3.05, 3.63) is 21.9 Å². The van der Waals surface area contributed by atoms with Crippen LogP contribution in [-0.2, 0) is 0 Å². The molecule has 0 bridgehead atoms. The molecular weight excluding hydrogens is 215 g/mol. The highest BCUT2D eigenvalue weighted by Gasteiger charge is 2.21. The summed E-state index contributed by atoms with van der Waals surface area (Å²) < 4.78 is 12.5. The molecule has 0 radical (unpaired) electrons. The van der Waals surface area contributed by atoms with E-state index < -0.39 is 12.2 Å². The molecule has 1 aromatic heterocycles. The van der Waals surface area contributed by atoms with Gasteiger partial charge >= 0.3 is 0 Å². The molecule has 0 atom stereocenters. The Morgan fingerprint density at radius 1 is 1.67 bits per heavy atom. The molecule has 1 N–H and O–H groups in total. The number of nitriles is 1. The van der Waals surface area contributed by atoms with E-state index in [1.165, 1.54) is 0 Å². The van der Waals surface area contributed by atoms with Gasteiger partial charge in [-0.1, -0.05) is 0 Å². The monoisotopic (exact) mass is 226 g/mol. The number of hydrogen-bond donors (Lipinski definition) is 1. The first-order chi connectivity index (χ1) is 6.98. The van der Waals surface area contributed by atoms with E-state index in [2.05, 4.69) is 5.32 Å². The number of amides is 1. The van der Waals surface area contributed by atoms with E-state index in [9.17, 15) is 9.18 Å². The van der Waals surface area contributed by atoms with Gasteiger partial charge in [0.15, 0.2) is 0 Å². The van der Waals surface area contributed by atoms with Gasteiger partial charge in [0, 0.05) is 0 Å². The second-order valence-corrected chi connectivity index (χ2v) is 4.83. The molecule has 5 heteroatoms. The van der Waals surface area contributed by atoms with Crippen molar-refractivity contribution in [2.75, 3.05) is 6.67 Å². The highest BCUT2D eigenvalue weighted by atomic mass is 32.1. The standard InChI is InChI=1S/C10H11FN2OS/c1-10(2,6-11)13-9(14)8-4-3-7(5-12)15-8/h3-4H,6H2,1-2H3,(H,13,14). The van der Waals surface area contributed by atoms with Crippen LogP contribution in [0.4, 0.5) is 4.39 Å². The molecule has 3 nitrogen and oxygen atoms in total. The number of carbonyl (C=O) groups excluding carboxylic acids is 1. The van der Waals surface area contributed by atoms with E-state index in [1.54, 1.807) is 26.0 Å². The van der Waals surface area contributed by atoms with Gasteiger partial charge in [-0.25, -0.2) is 4.39 Å². The van der Waals surface area contributed by atoms with E-state index in [0.29, 0.717) is 9.75 Å². The first kappa shape index (κ1) is 11.7. The Bertz CT molecular complexity index is 406. The summed E-state index contributed by atoms with van der Waals surface area (Å²) in [5, 5.41) is 11.1. The molecule has 0 saturated carbocycles. The van der Waals surface area contributed by atoms with Gasteiger partial charge in [0.05, 0.1) is 10.4 Å². The number of nitrogens with one attached hydrogen (secondary N) is 1. The summed E-state index contributed by atoms with van der Waals surface area (Å²) in [6.45, 7) is 2.57.